The van der Waals surface area contributed by atoms with Crippen molar-refractivity contribution in [1.29, 1.82) is 0 Å². The third kappa shape index (κ3) is 3.30. The molecule has 0 radical (unpaired) electrons. The Balaban J connectivity index is 2.89. The number of rotatable bonds is 5. The van der Waals surface area contributed by atoms with Gasteiger partial charge in [-0.15, -0.1) is 0 Å². The van der Waals surface area contributed by atoms with Gasteiger partial charge in [0.1, 0.15) is 0 Å². The number of nitrogens with two attached hydrogens (primary N) is 1. The summed E-state index contributed by atoms with van der Waals surface area (Å²) >= 11 is 0. The van der Waals surface area contributed by atoms with Crippen LogP contribution in [0.1, 0.15) is 26.7 Å². The van der Waals surface area contributed by atoms with E-state index in [-0.39, 0.29) is 18.4 Å². The summed E-state index contributed by atoms with van der Waals surface area (Å²) in [6, 6.07) is -0.235. The van der Waals surface area contributed by atoms with Gasteiger partial charge in [0.25, 0.3) is 10.2 Å². The molecule has 7 nitrogen and oxygen atoms in total. The van der Waals surface area contributed by atoms with E-state index in [0.29, 0.717) is 13.1 Å². The highest BCUT2D eigenvalue weighted by molar-refractivity contribution is 7.86. The first-order chi connectivity index (χ1) is 7.89. The van der Waals surface area contributed by atoms with Crippen molar-refractivity contribution in [2.45, 2.75) is 32.7 Å². The molecule has 100 valence electrons. The lowest BCUT2D eigenvalue weighted by Crippen LogP contribution is -2.49. The van der Waals surface area contributed by atoms with Gasteiger partial charge < -0.3 is 10.9 Å². The molecule has 17 heavy (non-hydrogen) atoms. The fourth-order valence-electron chi connectivity index (χ4n) is 1.79. The quantitative estimate of drug-likeness (QED) is 0.310. The zero-order valence-electron chi connectivity index (χ0n) is 10.2. The molecular formula is C9H20N4O3S. The Kier molecular flexibility index (Phi) is 4.72. The lowest BCUT2D eigenvalue weighted by atomic mass is 10.4. The summed E-state index contributed by atoms with van der Waals surface area (Å²) in [7, 11) is -3.51. The van der Waals surface area contributed by atoms with Gasteiger partial charge in [0.05, 0.1) is 6.54 Å². The molecule has 1 fully saturated rings. The van der Waals surface area contributed by atoms with Crippen molar-refractivity contribution in [3.05, 3.63) is 0 Å². The molecule has 0 amide bonds. The fraction of sp³-hybridized carbons (Fsp3) is 0.889. The molecular weight excluding hydrogens is 244 g/mol. The standard InChI is InChI=1S/C9H20N4O3S/c1-8(2)13(7-9(10)11-14)17(15,16)12-5-3-4-6-12/h8,14H,3-7H2,1-2H3,(H2,10,11). The predicted molar refractivity (Wildman–Crippen MR) is 65.0 cm³/mol. The Hall–Kier alpha value is -0.860. The van der Waals surface area contributed by atoms with Gasteiger partial charge in [-0.25, -0.2) is 0 Å². The zero-order chi connectivity index (χ0) is 13.1. The average Bonchev–Trinajstić information content (AvgIpc) is 2.78. The smallest absolute Gasteiger partial charge is 0.282 e. The molecule has 1 aliphatic heterocycles. The SMILES string of the molecule is CC(C)N(CC(N)=NO)S(=O)(=O)N1CCCC1. The molecule has 0 atom stereocenters. The minimum absolute atomic E-state index is 0.0903. The molecule has 1 aliphatic rings. The largest absolute Gasteiger partial charge is 0.409 e. The number of hydrogen-bond acceptors (Lipinski definition) is 4. The maximum absolute atomic E-state index is 12.3. The van der Waals surface area contributed by atoms with Crippen LogP contribution in [0.5, 0.6) is 0 Å². The van der Waals surface area contributed by atoms with E-state index in [1.165, 1.54) is 8.61 Å². The third-order valence-corrected chi connectivity index (χ3v) is 4.87. The van der Waals surface area contributed by atoms with E-state index in [0.717, 1.165) is 12.8 Å². The molecule has 0 saturated carbocycles. The highest BCUT2D eigenvalue weighted by Crippen LogP contribution is 2.18. The average molecular weight is 264 g/mol. The van der Waals surface area contributed by atoms with Gasteiger partial charge >= 0.3 is 0 Å². The second-order valence-electron chi connectivity index (χ2n) is 4.34. The summed E-state index contributed by atoms with van der Waals surface area (Å²) < 4.78 is 27.3. The summed E-state index contributed by atoms with van der Waals surface area (Å²) in [6.45, 7) is 4.52. The van der Waals surface area contributed by atoms with E-state index in [1.54, 1.807) is 13.8 Å². The number of hydrogen-bond donors (Lipinski definition) is 2. The van der Waals surface area contributed by atoms with E-state index >= 15 is 0 Å². The van der Waals surface area contributed by atoms with Gasteiger partial charge in [-0.3, -0.25) is 0 Å². The van der Waals surface area contributed by atoms with Crippen LogP contribution in [0.3, 0.4) is 0 Å². The van der Waals surface area contributed by atoms with Gasteiger partial charge in [-0.1, -0.05) is 5.16 Å². The van der Waals surface area contributed by atoms with E-state index in [4.69, 9.17) is 10.9 Å². The summed E-state index contributed by atoms with van der Waals surface area (Å²) in [5.74, 6) is -0.110. The van der Waals surface area contributed by atoms with Crippen LogP contribution in [0.2, 0.25) is 0 Å². The first-order valence-corrected chi connectivity index (χ1v) is 7.02. The Bertz CT molecular complexity index is 374. The van der Waals surface area contributed by atoms with Crippen LogP contribution in [-0.2, 0) is 10.2 Å². The van der Waals surface area contributed by atoms with Crippen molar-refractivity contribution in [1.82, 2.24) is 8.61 Å². The number of oxime groups is 1. The molecule has 1 heterocycles. The highest BCUT2D eigenvalue weighted by atomic mass is 32.2. The third-order valence-electron chi connectivity index (χ3n) is 2.71. The van der Waals surface area contributed by atoms with Crippen molar-refractivity contribution in [3.8, 4) is 0 Å². The van der Waals surface area contributed by atoms with Gasteiger partial charge in [-0.2, -0.15) is 17.0 Å². The Morgan fingerprint density at radius 1 is 1.47 bits per heavy atom. The van der Waals surface area contributed by atoms with Crippen molar-refractivity contribution in [2.24, 2.45) is 10.9 Å². The molecule has 0 aromatic rings. The maximum Gasteiger partial charge on any atom is 0.282 e. The van der Waals surface area contributed by atoms with E-state index in [1.807, 2.05) is 0 Å². The van der Waals surface area contributed by atoms with E-state index in [9.17, 15) is 8.42 Å². The molecule has 3 N–H and O–H groups in total. The van der Waals surface area contributed by atoms with Gasteiger partial charge in [0, 0.05) is 19.1 Å². The summed E-state index contributed by atoms with van der Waals surface area (Å²) in [4.78, 5) is 0. The van der Waals surface area contributed by atoms with Crippen LogP contribution in [-0.4, -0.2) is 53.7 Å². The second-order valence-corrected chi connectivity index (χ2v) is 6.23. The number of amidine groups is 1. The van der Waals surface area contributed by atoms with Crippen LogP contribution in [0, 0.1) is 0 Å². The van der Waals surface area contributed by atoms with Crippen LogP contribution >= 0.6 is 0 Å². The Morgan fingerprint density at radius 2 is 2.00 bits per heavy atom. The van der Waals surface area contributed by atoms with Crippen molar-refractivity contribution >= 4 is 16.0 Å². The fourth-order valence-corrected chi connectivity index (χ4v) is 3.63. The molecule has 8 heteroatoms. The molecule has 1 saturated heterocycles. The Labute approximate surface area is 102 Å². The van der Waals surface area contributed by atoms with Crippen LogP contribution < -0.4 is 5.73 Å². The van der Waals surface area contributed by atoms with Crippen LogP contribution in [0.25, 0.3) is 0 Å². The van der Waals surface area contributed by atoms with Crippen molar-refractivity contribution in [3.63, 3.8) is 0 Å². The molecule has 0 aromatic heterocycles. The molecule has 0 bridgehead atoms. The lowest BCUT2D eigenvalue weighted by molar-refractivity contribution is 0.308. The monoisotopic (exact) mass is 264 g/mol. The first-order valence-electron chi connectivity index (χ1n) is 5.63. The lowest BCUT2D eigenvalue weighted by Gasteiger charge is -2.29. The highest BCUT2D eigenvalue weighted by Gasteiger charge is 2.33. The maximum atomic E-state index is 12.3. The normalized spacial score (nSPS) is 19.4. The molecule has 0 aliphatic carbocycles. The molecule has 0 aromatic carbocycles. The predicted octanol–water partition coefficient (Wildman–Crippen LogP) is -0.216. The summed E-state index contributed by atoms with van der Waals surface area (Å²) in [6.07, 6.45) is 1.77. The first kappa shape index (κ1) is 14.2. The van der Waals surface area contributed by atoms with Gasteiger partial charge in [-0.05, 0) is 26.7 Å². The second kappa shape index (κ2) is 5.65. The summed E-state index contributed by atoms with van der Waals surface area (Å²) in [5, 5.41) is 11.3. The number of nitrogens with zero attached hydrogens (tertiary/aromatic N) is 3. The van der Waals surface area contributed by atoms with Crippen molar-refractivity contribution < 1.29 is 13.6 Å². The minimum Gasteiger partial charge on any atom is -0.409 e. The van der Waals surface area contributed by atoms with Gasteiger partial charge in [0.15, 0.2) is 5.84 Å². The Morgan fingerprint density at radius 3 is 2.41 bits per heavy atom. The van der Waals surface area contributed by atoms with Crippen LogP contribution in [0.4, 0.5) is 0 Å². The topological polar surface area (TPSA) is 99.2 Å². The zero-order valence-corrected chi connectivity index (χ0v) is 11.0. The van der Waals surface area contributed by atoms with E-state index in [2.05, 4.69) is 5.16 Å². The minimum atomic E-state index is -3.51. The molecule has 0 unspecified atom stereocenters. The van der Waals surface area contributed by atoms with Gasteiger partial charge in [0.2, 0.25) is 0 Å². The van der Waals surface area contributed by atoms with E-state index < -0.39 is 10.2 Å². The molecule has 0 spiro atoms. The molecule has 1 rings (SSSR count). The van der Waals surface area contributed by atoms with Crippen LogP contribution in [0.15, 0.2) is 5.16 Å². The van der Waals surface area contributed by atoms with Crippen molar-refractivity contribution in [2.75, 3.05) is 19.6 Å². The summed E-state index contributed by atoms with van der Waals surface area (Å²) in [5.41, 5.74) is 5.38.